The summed E-state index contributed by atoms with van der Waals surface area (Å²) in [4.78, 5) is 11.2. The van der Waals surface area contributed by atoms with Crippen molar-refractivity contribution in [2.45, 2.75) is 24.2 Å². The molecule has 1 nitrogen and oxygen atoms in total. The van der Waals surface area contributed by atoms with Gasteiger partial charge in [-0.05, 0) is 29.7 Å². The zero-order valence-corrected chi connectivity index (χ0v) is 12.7. The Hall–Kier alpha value is -2.31. The van der Waals surface area contributed by atoms with Gasteiger partial charge in [0.05, 0.1) is 11.1 Å². The highest BCUT2D eigenvalue weighted by molar-refractivity contribution is 5.69. The molecular weight excluding hydrogens is 346 g/mol. The lowest BCUT2D eigenvalue weighted by Gasteiger charge is -2.20. The summed E-state index contributed by atoms with van der Waals surface area (Å²) in [7, 11) is 0. The number of alkyl halides is 6. The average molecular weight is 358 g/mol. The summed E-state index contributed by atoms with van der Waals surface area (Å²) >= 11 is 0. The number of rotatable bonds is 3. The molecule has 3 rings (SSSR count). The predicted octanol–water partition coefficient (Wildman–Crippen LogP) is 5.23. The van der Waals surface area contributed by atoms with Crippen molar-refractivity contribution in [1.29, 1.82) is 0 Å². The zero-order chi connectivity index (χ0) is 18.5. The number of benzene rings is 2. The minimum absolute atomic E-state index is 0.180. The third-order valence-electron chi connectivity index (χ3n) is 4.59. The van der Waals surface area contributed by atoms with Gasteiger partial charge < -0.3 is 4.79 Å². The van der Waals surface area contributed by atoms with Gasteiger partial charge in [-0.2, -0.15) is 26.3 Å². The highest BCUT2D eigenvalue weighted by Crippen LogP contribution is 2.58. The van der Waals surface area contributed by atoms with E-state index in [0.29, 0.717) is 6.29 Å². The molecule has 2 aromatic rings. The van der Waals surface area contributed by atoms with Gasteiger partial charge in [0, 0.05) is 11.3 Å². The van der Waals surface area contributed by atoms with Crippen molar-refractivity contribution in [3.05, 3.63) is 70.8 Å². The first-order valence-corrected chi connectivity index (χ1v) is 7.40. The minimum atomic E-state index is -4.57. The fourth-order valence-corrected chi connectivity index (χ4v) is 3.23. The molecule has 1 atom stereocenters. The van der Waals surface area contributed by atoms with Crippen LogP contribution in [0.15, 0.2) is 48.5 Å². The van der Waals surface area contributed by atoms with Crippen molar-refractivity contribution in [1.82, 2.24) is 0 Å². The van der Waals surface area contributed by atoms with E-state index in [9.17, 15) is 31.1 Å². The molecule has 1 unspecified atom stereocenters. The number of carbonyl (C=O) groups is 1. The Bertz CT molecular complexity index is 748. The van der Waals surface area contributed by atoms with Crippen LogP contribution >= 0.6 is 0 Å². The Morgan fingerprint density at radius 3 is 1.60 bits per heavy atom. The summed E-state index contributed by atoms with van der Waals surface area (Å²) in [6.07, 6.45) is -8.38. The lowest BCUT2D eigenvalue weighted by molar-refractivity contribution is -0.138. The Morgan fingerprint density at radius 2 is 1.28 bits per heavy atom. The van der Waals surface area contributed by atoms with Crippen molar-refractivity contribution >= 4 is 6.29 Å². The van der Waals surface area contributed by atoms with E-state index in [1.807, 2.05) is 0 Å². The molecule has 0 N–H and O–H groups in total. The molecule has 0 amide bonds. The van der Waals surface area contributed by atoms with E-state index in [0.717, 1.165) is 24.3 Å². The number of hydrogen-bond acceptors (Lipinski definition) is 1. The lowest BCUT2D eigenvalue weighted by Crippen LogP contribution is -2.16. The van der Waals surface area contributed by atoms with E-state index in [4.69, 9.17) is 0 Å². The number of aldehydes is 1. The first kappa shape index (κ1) is 17.5. The van der Waals surface area contributed by atoms with Gasteiger partial charge in [-0.25, -0.2) is 0 Å². The van der Waals surface area contributed by atoms with Crippen LogP contribution in [0.3, 0.4) is 0 Å². The van der Waals surface area contributed by atoms with Gasteiger partial charge in [0.15, 0.2) is 0 Å². The molecule has 2 aromatic carbocycles. The van der Waals surface area contributed by atoms with Crippen LogP contribution < -0.4 is 0 Å². The van der Waals surface area contributed by atoms with E-state index in [2.05, 4.69) is 0 Å². The molecule has 0 aromatic heterocycles. The average Bonchev–Trinajstić information content (AvgIpc) is 3.29. The molecule has 0 aliphatic heterocycles. The van der Waals surface area contributed by atoms with Gasteiger partial charge in [0.2, 0.25) is 0 Å². The van der Waals surface area contributed by atoms with Crippen LogP contribution in [0, 0.1) is 5.92 Å². The summed E-state index contributed by atoms with van der Waals surface area (Å²) in [5.41, 5.74) is -2.55. The van der Waals surface area contributed by atoms with Crippen molar-refractivity contribution < 1.29 is 31.1 Å². The van der Waals surface area contributed by atoms with E-state index >= 15 is 0 Å². The Labute approximate surface area is 139 Å². The maximum absolute atomic E-state index is 13.0. The molecule has 0 saturated heterocycles. The van der Waals surface area contributed by atoms with Crippen molar-refractivity contribution in [3.8, 4) is 0 Å². The first-order valence-electron chi connectivity index (χ1n) is 7.40. The number of halogens is 6. The second-order valence-electron chi connectivity index (χ2n) is 6.08. The second kappa shape index (κ2) is 5.61. The van der Waals surface area contributed by atoms with Gasteiger partial charge in [-0.3, -0.25) is 0 Å². The summed E-state index contributed by atoms with van der Waals surface area (Å²) in [6.45, 7) is 0. The molecule has 0 bridgehead atoms. The molecular formula is C18H12F6O. The summed E-state index contributed by atoms with van der Waals surface area (Å²) in [5, 5.41) is 0. The predicted molar refractivity (Wildman–Crippen MR) is 77.8 cm³/mol. The Kier molecular flexibility index (Phi) is 3.93. The molecule has 1 aliphatic carbocycles. The van der Waals surface area contributed by atoms with Crippen molar-refractivity contribution in [3.63, 3.8) is 0 Å². The molecule has 25 heavy (non-hydrogen) atoms. The maximum atomic E-state index is 13.0. The summed E-state index contributed by atoms with van der Waals surface area (Å²) in [6, 6.07) is 8.83. The quantitative estimate of drug-likeness (QED) is 0.542. The van der Waals surface area contributed by atoms with E-state index in [1.54, 1.807) is 0 Å². The summed E-state index contributed by atoms with van der Waals surface area (Å²) in [5.74, 6) is -0.653. The Balaban J connectivity index is 2.13. The van der Waals surface area contributed by atoms with Crippen LogP contribution in [0.2, 0.25) is 0 Å². The topological polar surface area (TPSA) is 17.1 Å². The molecule has 1 saturated carbocycles. The SMILES string of the molecule is O=CC1CC1(c1cccc(C(F)(F)F)c1)c1cccc(C(F)(F)F)c1. The molecule has 132 valence electrons. The third kappa shape index (κ3) is 3.03. The molecule has 0 spiro atoms. The van der Waals surface area contributed by atoms with Gasteiger partial charge in [0.25, 0.3) is 0 Å². The van der Waals surface area contributed by atoms with Crippen LogP contribution in [0.1, 0.15) is 28.7 Å². The molecule has 1 aliphatic rings. The second-order valence-corrected chi connectivity index (χ2v) is 6.08. The maximum Gasteiger partial charge on any atom is 0.416 e. The molecule has 7 heteroatoms. The van der Waals surface area contributed by atoms with Gasteiger partial charge >= 0.3 is 12.4 Å². The summed E-state index contributed by atoms with van der Waals surface area (Å²) < 4.78 is 77.8. The lowest BCUT2D eigenvalue weighted by atomic mass is 9.84. The van der Waals surface area contributed by atoms with Gasteiger partial charge in [-0.15, -0.1) is 0 Å². The fourth-order valence-electron chi connectivity index (χ4n) is 3.23. The van der Waals surface area contributed by atoms with Gasteiger partial charge in [0.1, 0.15) is 6.29 Å². The van der Waals surface area contributed by atoms with Crippen LogP contribution in [0.4, 0.5) is 26.3 Å². The van der Waals surface area contributed by atoms with Gasteiger partial charge in [-0.1, -0.05) is 36.4 Å². The smallest absolute Gasteiger partial charge is 0.303 e. The van der Waals surface area contributed by atoms with E-state index in [1.165, 1.54) is 24.3 Å². The monoisotopic (exact) mass is 358 g/mol. The third-order valence-corrected chi connectivity index (χ3v) is 4.59. The van der Waals surface area contributed by atoms with Crippen molar-refractivity contribution in [2.75, 3.05) is 0 Å². The van der Waals surface area contributed by atoms with Crippen LogP contribution in [0.25, 0.3) is 0 Å². The fraction of sp³-hybridized carbons (Fsp3) is 0.278. The van der Waals surface area contributed by atoms with Crippen molar-refractivity contribution in [2.24, 2.45) is 5.92 Å². The highest BCUT2D eigenvalue weighted by atomic mass is 19.4. The minimum Gasteiger partial charge on any atom is -0.303 e. The number of hydrogen-bond donors (Lipinski definition) is 0. The molecule has 1 fully saturated rings. The standard InChI is InChI=1S/C18H12F6O/c19-17(20,21)13-5-1-3-11(7-13)16(9-15(16)10-25)12-4-2-6-14(8-12)18(22,23)24/h1-8,10,15H,9H2. The molecule has 0 heterocycles. The number of carbonyl (C=O) groups excluding carboxylic acids is 1. The molecule has 0 radical (unpaired) electrons. The van der Waals surface area contributed by atoms with E-state index < -0.39 is 34.8 Å². The normalized spacial score (nSPS) is 19.5. The van der Waals surface area contributed by atoms with E-state index in [-0.39, 0.29) is 17.5 Å². The first-order chi connectivity index (χ1) is 11.6. The Morgan fingerprint density at radius 1 is 0.840 bits per heavy atom. The highest BCUT2D eigenvalue weighted by Gasteiger charge is 2.57. The zero-order valence-electron chi connectivity index (χ0n) is 12.7. The largest absolute Gasteiger partial charge is 0.416 e. The van der Waals surface area contributed by atoms with Crippen LogP contribution in [-0.2, 0) is 22.6 Å². The van der Waals surface area contributed by atoms with Crippen LogP contribution in [0.5, 0.6) is 0 Å². The van der Waals surface area contributed by atoms with Crippen LogP contribution in [-0.4, -0.2) is 6.29 Å².